The highest BCUT2D eigenvalue weighted by atomic mass is 35.5. The average molecular weight is 297 g/mol. The zero-order valence-electron chi connectivity index (χ0n) is 13.8. The molecule has 0 atom stereocenters. The third-order valence-corrected chi connectivity index (χ3v) is 3.96. The van der Waals surface area contributed by atoms with Crippen LogP contribution < -0.4 is 10.2 Å². The van der Waals surface area contributed by atoms with Crippen LogP contribution in [0.4, 0.5) is 5.69 Å². The Hall–Kier alpha value is -0.730. The molecular weight excluding hydrogens is 268 g/mol. The molecule has 0 fully saturated rings. The number of nitrogens with zero attached hydrogens (tertiary/aromatic N) is 1. The fraction of sp³-hybridized carbons (Fsp3) is 0.647. The van der Waals surface area contributed by atoms with E-state index in [1.807, 2.05) is 6.07 Å². The first-order chi connectivity index (χ1) is 9.28. The summed E-state index contributed by atoms with van der Waals surface area (Å²) in [7, 11) is 2.17. The van der Waals surface area contributed by atoms with Gasteiger partial charge in [-0.2, -0.15) is 0 Å². The summed E-state index contributed by atoms with van der Waals surface area (Å²) in [5, 5.41) is 4.36. The van der Waals surface area contributed by atoms with Crippen LogP contribution in [-0.4, -0.2) is 18.6 Å². The minimum Gasteiger partial charge on any atom is -0.371 e. The lowest BCUT2D eigenvalue weighted by molar-refractivity contribution is 0.424. The molecule has 114 valence electrons. The third kappa shape index (κ3) is 4.99. The Bertz CT molecular complexity index is 419. The zero-order chi connectivity index (χ0) is 15.3. The Morgan fingerprint density at radius 1 is 1.20 bits per heavy atom. The predicted molar refractivity (Wildman–Crippen MR) is 90.8 cm³/mol. The summed E-state index contributed by atoms with van der Waals surface area (Å²) in [6.07, 6.45) is 2.29. The zero-order valence-corrected chi connectivity index (χ0v) is 14.5. The molecule has 0 unspecified atom stereocenters. The first kappa shape index (κ1) is 17.3. The standard InChI is InChI=1S/C17H29ClN2/c1-7-15(8-2)20(6)16-11-14(18)10-9-13(16)12-19-17(3,4)5/h9-11,15,19H,7-8,12H2,1-6H3. The van der Waals surface area contributed by atoms with Gasteiger partial charge in [-0.1, -0.05) is 31.5 Å². The van der Waals surface area contributed by atoms with E-state index in [9.17, 15) is 0 Å². The van der Waals surface area contributed by atoms with E-state index in [4.69, 9.17) is 11.6 Å². The van der Waals surface area contributed by atoms with Crippen molar-refractivity contribution in [2.75, 3.05) is 11.9 Å². The molecule has 1 N–H and O–H groups in total. The summed E-state index contributed by atoms with van der Waals surface area (Å²) < 4.78 is 0. The Labute approximate surface area is 129 Å². The van der Waals surface area contributed by atoms with Gasteiger partial charge in [0.1, 0.15) is 0 Å². The van der Waals surface area contributed by atoms with Crippen molar-refractivity contribution in [1.29, 1.82) is 0 Å². The van der Waals surface area contributed by atoms with Crippen LogP contribution in [0.5, 0.6) is 0 Å². The summed E-state index contributed by atoms with van der Waals surface area (Å²) in [5.74, 6) is 0. The van der Waals surface area contributed by atoms with Crippen molar-refractivity contribution >= 4 is 17.3 Å². The fourth-order valence-electron chi connectivity index (χ4n) is 2.41. The Balaban J connectivity index is 3.00. The molecule has 2 nitrogen and oxygen atoms in total. The maximum atomic E-state index is 6.19. The van der Waals surface area contributed by atoms with Crippen LogP contribution >= 0.6 is 11.6 Å². The largest absolute Gasteiger partial charge is 0.371 e. The smallest absolute Gasteiger partial charge is 0.0426 e. The highest BCUT2D eigenvalue weighted by Gasteiger charge is 2.16. The van der Waals surface area contributed by atoms with Crippen LogP contribution in [-0.2, 0) is 6.54 Å². The molecule has 20 heavy (non-hydrogen) atoms. The van der Waals surface area contributed by atoms with Crippen molar-refractivity contribution in [1.82, 2.24) is 5.32 Å². The van der Waals surface area contributed by atoms with Gasteiger partial charge in [0.2, 0.25) is 0 Å². The van der Waals surface area contributed by atoms with E-state index in [0.29, 0.717) is 6.04 Å². The normalized spacial score (nSPS) is 12.0. The molecule has 0 saturated carbocycles. The second-order valence-electron chi connectivity index (χ2n) is 6.46. The van der Waals surface area contributed by atoms with Crippen molar-refractivity contribution in [3.8, 4) is 0 Å². The molecule has 0 amide bonds. The average Bonchev–Trinajstić information content (AvgIpc) is 2.37. The Morgan fingerprint density at radius 3 is 2.30 bits per heavy atom. The van der Waals surface area contributed by atoms with Gasteiger partial charge in [0.15, 0.2) is 0 Å². The van der Waals surface area contributed by atoms with E-state index >= 15 is 0 Å². The van der Waals surface area contributed by atoms with Gasteiger partial charge in [-0.15, -0.1) is 0 Å². The highest BCUT2D eigenvalue weighted by Crippen LogP contribution is 2.27. The summed E-state index contributed by atoms with van der Waals surface area (Å²) in [5.41, 5.74) is 2.66. The predicted octanol–water partition coefficient (Wildman–Crippen LogP) is 4.85. The van der Waals surface area contributed by atoms with Gasteiger partial charge in [0.25, 0.3) is 0 Å². The minimum absolute atomic E-state index is 0.115. The first-order valence-corrected chi connectivity index (χ1v) is 7.92. The molecule has 0 radical (unpaired) electrons. The van der Waals surface area contributed by atoms with Gasteiger partial charge in [0.05, 0.1) is 0 Å². The molecule has 0 aliphatic heterocycles. The Morgan fingerprint density at radius 2 is 1.80 bits per heavy atom. The van der Waals surface area contributed by atoms with Crippen LogP contribution in [0.25, 0.3) is 0 Å². The van der Waals surface area contributed by atoms with Gasteiger partial charge in [-0.05, 0) is 51.3 Å². The van der Waals surface area contributed by atoms with Crippen LogP contribution in [0.1, 0.15) is 53.0 Å². The van der Waals surface area contributed by atoms with Crippen LogP contribution in [0.3, 0.4) is 0 Å². The SMILES string of the molecule is CCC(CC)N(C)c1cc(Cl)ccc1CNC(C)(C)C. The lowest BCUT2D eigenvalue weighted by Crippen LogP contribution is -2.36. The first-order valence-electron chi connectivity index (χ1n) is 7.54. The summed E-state index contributed by atoms with van der Waals surface area (Å²) in [6, 6.07) is 6.75. The molecule has 3 heteroatoms. The lowest BCUT2D eigenvalue weighted by Gasteiger charge is -2.31. The second-order valence-corrected chi connectivity index (χ2v) is 6.89. The fourth-order valence-corrected chi connectivity index (χ4v) is 2.57. The van der Waals surface area contributed by atoms with Crippen molar-refractivity contribution < 1.29 is 0 Å². The topological polar surface area (TPSA) is 15.3 Å². The van der Waals surface area contributed by atoms with E-state index in [-0.39, 0.29) is 5.54 Å². The van der Waals surface area contributed by atoms with Crippen molar-refractivity contribution in [3.63, 3.8) is 0 Å². The number of hydrogen-bond acceptors (Lipinski definition) is 2. The molecule has 1 aromatic rings. The maximum Gasteiger partial charge on any atom is 0.0426 e. The second kappa shape index (κ2) is 7.33. The number of nitrogens with one attached hydrogen (secondary N) is 1. The number of rotatable bonds is 6. The van der Waals surface area contributed by atoms with Gasteiger partial charge in [-0.3, -0.25) is 0 Å². The van der Waals surface area contributed by atoms with Gasteiger partial charge >= 0.3 is 0 Å². The number of benzene rings is 1. The lowest BCUT2D eigenvalue weighted by atomic mass is 10.0. The molecule has 0 aliphatic carbocycles. The third-order valence-electron chi connectivity index (χ3n) is 3.73. The molecule has 0 saturated heterocycles. The van der Waals surface area contributed by atoms with E-state index in [1.54, 1.807) is 0 Å². The molecule has 0 aromatic heterocycles. The molecule has 1 aromatic carbocycles. The van der Waals surface area contributed by atoms with Crippen LogP contribution in [0.2, 0.25) is 5.02 Å². The molecule has 0 spiro atoms. The van der Waals surface area contributed by atoms with E-state index < -0.39 is 0 Å². The van der Waals surface area contributed by atoms with Crippen molar-refractivity contribution in [2.24, 2.45) is 0 Å². The van der Waals surface area contributed by atoms with Gasteiger partial charge < -0.3 is 10.2 Å². The minimum atomic E-state index is 0.115. The summed E-state index contributed by atoms with van der Waals surface area (Å²) in [6.45, 7) is 11.9. The van der Waals surface area contributed by atoms with Gasteiger partial charge in [0, 0.05) is 35.9 Å². The number of hydrogen-bond donors (Lipinski definition) is 1. The molecule has 0 heterocycles. The van der Waals surface area contributed by atoms with Crippen molar-refractivity contribution in [2.45, 2.75) is 65.6 Å². The maximum absolute atomic E-state index is 6.19. The van der Waals surface area contributed by atoms with Crippen LogP contribution in [0.15, 0.2) is 18.2 Å². The summed E-state index contributed by atoms with van der Waals surface area (Å²) in [4.78, 5) is 2.37. The molecule has 1 rings (SSSR count). The quantitative estimate of drug-likeness (QED) is 0.807. The van der Waals surface area contributed by atoms with E-state index in [0.717, 1.165) is 24.4 Å². The van der Waals surface area contributed by atoms with E-state index in [1.165, 1.54) is 11.3 Å². The highest BCUT2D eigenvalue weighted by molar-refractivity contribution is 6.30. The summed E-state index contributed by atoms with van der Waals surface area (Å²) >= 11 is 6.19. The van der Waals surface area contributed by atoms with Crippen LogP contribution in [0, 0.1) is 0 Å². The molecule has 0 bridgehead atoms. The molecule has 0 aliphatic rings. The van der Waals surface area contributed by atoms with E-state index in [2.05, 4.69) is 64.0 Å². The van der Waals surface area contributed by atoms with Gasteiger partial charge in [-0.25, -0.2) is 0 Å². The number of halogens is 1. The monoisotopic (exact) mass is 296 g/mol. The number of anilines is 1. The van der Waals surface area contributed by atoms with Crippen molar-refractivity contribution in [3.05, 3.63) is 28.8 Å². The molecular formula is C17H29ClN2. The Kier molecular flexibility index (Phi) is 6.35.